The van der Waals surface area contributed by atoms with Gasteiger partial charge in [0, 0.05) is 39.8 Å². The molecule has 0 saturated carbocycles. The molecule has 1 N–H and O–H groups in total. The number of amides is 1. The summed E-state index contributed by atoms with van der Waals surface area (Å²) in [7, 11) is 0. The molecule has 0 radical (unpaired) electrons. The lowest BCUT2D eigenvalue weighted by Crippen LogP contribution is -2.42. The number of nitrogens with zero attached hydrogens (tertiary/aromatic N) is 2. The first kappa shape index (κ1) is 33.1. The minimum absolute atomic E-state index is 0.0197. The number of halogens is 1. The quantitative estimate of drug-likeness (QED) is 0.239. The van der Waals surface area contributed by atoms with Crippen LogP contribution in [-0.2, 0) is 22.5 Å². The molecule has 1 aliphatic heterocycles. The van der Waals surface area contributed by atoms with Gasteiger partial charge in [0.15, 0.2) is 0 Å². The van der Waals surface area contributed by atoms with Gasteiger partial charge in [0.1, 0.15) is 18.0 Å². The maximum atomic E-state index is 12.7. The topological polar surface area (TPSA) is 81.0 Å². The molecule has 1 amide bonds. The Morgan fingerprint density at radius 3 is 2.42 bits per heavy atom. The Labute approximate surface area is 264 Å². The van der Waals surface area contributed by atoms with Gasteiger partial charge in [-0.1, -0.05) is 38.4 Å². The number of thioether (sulfide) groups is 1. The molecular weight excluding hydrogens is 584 g/mol. The molecule has 4 rings (SSSR count). The molecular formula is C34H45ClN2O5S. The molecule has 0 spiro atoms. The monoisotopic (exact) mass is 628 g/mol. The van der Waals surface area contributed by atoms with Gasteiger partial charge in [-0.15, -0.1) is 11.8 Å². The van der Waals surface area contributed by atoms with Crippen molar-refractivity contribution < 1.29 is 24.2 Å². The molecule has 3 aromatic rings. The molecule has 1 aromatic heterocycles. The fraction of sp³-hybridized carbons (Fsp3) is 0.529. The summed E-state index contributed by atoms with van der Waals surface area (Å²) in [5, 5.41) is 11.6. The number of hydrogen-bond donors (Lipinski definition) is 1. The lowest BCUT2D eigenvalue weighted by atomic mass is 9.84. The van der Waals surface area contributed by atoms with E-state index in [2.05, 4.69) is 31.4 Å². The zero-order valence-corrected chi connectivity index (χ0v) is 28.2. The van der Waals surface area contributed by atoms with Crippen LogP contribution in [-0.4, -0.2) is 56.2 Å². The van der Waals surface area contributed by atoms with Crippen molar-refractivity contribution in [1.29, 1.82) is 0 Å². The van der Waals surface area contributed by atoms with Gasteiger partial charge in [-0.2, -0.15) is 0 Å². The maximum Gasteiger partial charge on any atom is 0.410 e. The van der Waals surface area contributed by atoms with Gasteiger partial charge in [-0.05, 0) is 95.3 Å². The number of ether oxygens (including phenoxy) is 2. The van der Waals surface area contributed by atoms with Crippen LogP contribution >= 0.6 is 23.4 Å². The largest absolute Gasteiger partial charge is 0.491 e. The summed E-state index contributed by atoms with van der Waals surface area (Å²) in [6, 6.07) is 12.0. The summed E-state index contributed by atoms with van der Waals surface area (Å²) >= 11 is 8.40. The maximum absolute atomic E-state index is 12.7. The van der Waals surface area contributed by atoms with Crippen molar-refractivity contribution in [3.05, 3.63) is 58.7 Å². The fourth-order valence-electron chi connectivity index (χ4n) is 5.27. The van der Waals surface area contributed by atoms with Crippen molar-refractivity contribution in [3.8, 4) is 5.75 Å². The average molecular weight is 629 g/mol. The zero-order valence-electron chi connectivity index (χ0n) is 26.6. The molecule has 1 saturated heterocycles. The lowest BCUT2D eigenvalue weighted by Gasteiger charge is -2.28. The van der Waals surface area contributed by atoms with Crippen molar-refractivity contribution in [2.75, 3.05) is 13.2 Å². The van der Waals surface area contributed by atoms with Crippen LogP contribution in [0.5, 0.6) is 5.75 Å². The average Bonchev–Trinajstić information content (AvgIpc) is 3.51. The second-order valence-corrected chi connectivity index (χ2v) is 16.3. The second-order valence-electron chi connectivity index (χ2n) is 14.0. The number of fused-ring (bicyclic) bond motifs is 1. The Balaban J connectivity index is 1.56. The van der Waals surface area contributed by atoms with E-state index in [9.17, 15) is 14.7 Å². The Morgan fingerprint density at radius 2 is 1.77 bits per heavy atom. The number of likely N-dealkylation sites (tertiary alicyclic amines) is 1. The third-order valence-electron chi connectivity index (χ3n) is 7.45. The molecule has 2 aromatic carbocycles. The van der Waals surface area contributed by atoms with Gasteiger partial charge in [-0.25, -0.2) is 4.79 Å². The van der Waals surface area contributed by atoms with Crippen LogP contribution in [0.2, 0.25) is 5.02 Å². The molecule has 1 fully saturated rings. The van der Waals surface area contributed by atoms with Crippen LogP contribution in [0.3, 0.4) is 0 Å². The number of carboxylic acids is 1. The summed E-state index contributed by atoms with van der Waals surface area (Å²) in [4.78, 5) is 27.5. The number of aromatic nitrogens is 1. The third kappa shape index (κ3) is 8.42. The van der Waals surface area contributed by atoms with E-state index < -0.39 is 17.0 Å². The predicted octanol–water partition coefficient (Wildman–Crippen LogP) is 8.67. The van der Waals surface area contributed by atoms with Gasteiger partial charge < -0.3 is 24.0 Å². The molecule has 9 heteroatoms. The Bertz CT molecular complexity index is 1480. The van der Waals surface area contributed by atoms with Gasteiger partial charge >= 0.3 is 12.1 Å². The van der Waals surface area contributed by atoms with Crippen LogP contribution in [0.1, 0.15) is 79.4 Å². The van der Waals surface area contributed by atoms with Gasteiger partial charge in [0.05, 0.1) is 16.5 Å². The van der Waals surface area contributed by atoms with E-state index in [1.165, 1.54) is 0 Å². The fourth-order valence-corrected chi connectivity index (χ4v) is 6.66. The van der Waals surface area contributed by atoms with Gasteiger partial charge in [0.2, 0.25) is 0 Å². The first-order valence-electron chi connectivity index (χ1n) is 14.9. The third-order valence-corrected chi connectivity index (χ3v) is 9.16. The summed E-state index contributed by atoms with van der Waals surface area (Å²) in [6.07, 6.45) is 3.95. The number of aliphatic carboxylic acids is 1. The molecule has 7 nitrogen and oxygen atoms in total. The first-order valence-corrected chi connectivity index (χ1v) is 16.1. The zero-order chi connectivity index (χ0) is 31.7. The van der Waals surface area contributed by atoms with Crippen LogP contribution in [0.15, 0.2) is 47.5 Å². The highest BCUT2D eigenvalue weighted by molar-refractivity contribution is 8.00. The molecule has 234 valence electrons. The standard InChI is InChI=1S/C34H45ClN2O5S/c1-32(2,3)42-31(40)37-16-9-10-24(37)21-41-25-12-14-28-22(18-25)15-17-36(28)20-23-11-13-27(35)29(43-33(4,5)6)26(23)19-34(7,8)30(38)39/h11-15,17-18,24H,9-10,16,19-21H2,1-8H3,(H,38,39)/t24-/m0/s1. The van der Waals surface area contributed by atoms with Gasteiger partial charge in [0.25, 0.3) is 0 Å². The van der Waals surface area contributed by atoms with Crippen molar-refractivity contribution in [3.63, 3.8) is 0 Å². The van der Waals surface area contributed by atoms with Crippen LogP contribution < -0.4 is 4.74 Å². The van der Waals surface area contributed by atoms with E-state index in [1.807, 2.05) is 57.3 Å². The number of rotatable bonds is 9. The second kappa shape index (κ2) is 12.6. The smallest absolute Gasteiger partial charge is 0.410 e. The highest BCUT2D eigenvalue weighted by atomic mass is 35.5. The highest BCUT2D eigenvalue weighted by Crippen LogP contribution is 2.42. The van der Waals surface area contributed by atoms with E-state index in [0.717, 1.165) is 45.5 Å². The van der Waals surface area contributed by atoms with Crippen molar-refractivity contribution >= 4 is 46.3 Å². The van der Waals surface area contributed by atoms with Crippen molar-refractivity contribution in [2.24, 2.45) is 5.41 Å². The number of carboxylic acid groups (broad SMARTS) is 1. The minimum atomic E-state index is -0.948. The van der Waals surface area contributed by atoms with Gasteiger partial charge in [-0.3, -0.25) is 4.79 Å². The van der Waals surface area contributed by atoms with E-state index in [1.54, 1.807) is 30.5 Å². The molecule has 1 aliphatic rings. The molecule has 0 bridgehead atoms. The van der Waals surface area contributed by atoms with Crippen molar-refractivity contribution in [2.45, 2.75) is 102 Å². The van der Waals surface area contributed by atoms with Crippen molar-refractivity contribution in [1.82, 2.24) is 9.47 Å². The van der Waals surface area contributed by atoms with E-state index in [0.29, 0.717) is 31.1 Å². The summed E-state index contributed by atoms with van der Waals surface area (Å²) in [6.45, 7) is 17.2. The first-order chi connectivity index (χ1) is 19.9. The number of carbonyl (C=O) groups is 2. The Morgan fingerprint density at radius 1 is 1.05 bits per heavy atom. The summed E-state index contributed by atoms with van der Waals surface area (Å²) < 4.78 is 13.8. The number of benzene rings is 2. The number of hydrogen-bond acceptors (Lipinski definition) is 5. The normalized spacial score (nSPS) is 16.1. The molecule has 43 heavy (non-hydrogen) atoms. The predicted molar refractivity (Wildman–Crippen MR) is 175 cm³/mol. The highest BCUT2D eigenvalue weighted by Gasteiger charge is 2.33. The molecule has 0 unspecified atom stereocenters. The minimum Gasteiger partial charge on any atom is -0.491 e. The van der Waals surface area contributed by atoms with E-state index >= 15 is 0 Å². The summed E-state index contributed by atoms with van der Waals surface area (Å²) in [5.74, 6) is -0.0866. The molecule has 2 heterocycles. The van der Waals surface area contributed by atoms with E-state index in [-0.39, 0.29) is 16.9 Å². The van der Waals surface area contributed by atoms with Crippen LogP contribution in [0, 0.1) is 5.41 Å². The molecule has 1 atom stereocenters. The van der Waals surface area contributed by atoms with Crippen LogP contribution in [0.4, 0.5) is 4.79 Å². The Kier molecular flexibility index (Phi) is 9.72. The molecule has 0 aliphatic carbocycles. The van der Waals surface area contributed by atoms with E-state index in [4.69, 9.17) is 21.1 Å². The lowest BCUT2D eigenvalue weighted by molar-refractivity contribution is -0.146. The van der Waals surface area contributed by atoms with Crippen LogP contribution in [0.25, 0.3) is 10.9 Å². The Hall–Kier alpha value is -2.84. The number of carbonyl (C=O) groups excluding carboxylic acids is 1. The summed E-state index contributed by atoms with van der Waals surface area (Å²) in [5.41, 5.74) is 1.59. The SMILES string of the molecule is CC(C)(C)OC(=O)N1CCC[C@H]1COc1ccc2c(ccn2Cc2ccc(Cl)c(SC(C)(C)C)c2CC(C)(C)C(=O)O)c1.